The van der Waals surface area contributed by atoms with Gasteiger partial charge in [-0.1, -0.05) is 5.16 Å². The Balaban J connectivity index is 2.18. The van der Waals surface area contributed by atoms with Crippen LogP contribution < -0.4 is 10.5 Å². The highest BCUT2D eigenvalue weighted by molar-refractivity contribution is 7.98. The van der Waals surface area contributed by atoms with Crippen molar-refractivity contribution >= 4 is 17.6 Å². The Labute approximate surface area is 115 Å². The number of hydrogen-bond donors (Lipinski definition) is 2. The lowest BCUT2D eigenvalue weighted by molar-refractivity contribution is 0.318. The van der Waals surface area contributed by atoms with Gasteiger partial charge in [-0.3, -0.25) is 0 Å². The minimum atomic E-state index is 0.0185. The minimum Gasteiger partial charge on any atom is -0.439 e. The third-order valence-corrected chi connectivity index (χ3v) is 3.16. The number of thioether (sulfide) groups is 1. The van der Waals surface area contributed by atoms with E-state index >= 15 is 0 Å². The smallest absolute Gasteiger partial charge is 0.219 e. The molecule has 0 aliphatic rings. The van der Waals surface area contributed by atoms with E-state index in [4.69, 9.17) is 15.7 Å². The molecule has 19 heavy (non-hydrogen) atoms. The van der Waals surface area contributed by atoms with Crippen LogP contribution in [0.25, 0.3) is 0 Å². The van der Waals surface area contributed by atoms with Crippen LogP contribution >= 0.6 is 11.8 Å². The molecule has 0 aliphatic heterocycles. The maximum Gasteiger partial charge on any atom is 0.219 e. The SMILES string of the molecule is CSc1ccc(Oc2cc(C(N)=NO)ccn2)cc1. The van der Waals surface area contributed by atoms with E-state index in [-0.39, 0.29) is 5.84 Å². The van der Waals surface area contributed by atoms with Crippen molar-refractivity contribution in [2.75, 3.05) is 6.26 Å². The van der Waals surface area contributed by atoms with Crippen molar-refractivity contribution in [1.82, 2.24) is 4.98 Å². The molecule has 0 unspecified atom stereocenters. The number of hydrogen-bond acceptors (Lipinski definition) is 5. The number of pyridine rings is 1. The summed E-state index contributed by atoms with van der Waals surface area (Å²) in [6.07, 6.45) is 3.55. The number of rotatable bonds is 4. The Hall–Kier alpha value is -2.21. The second-order valence-electron chi connectivity index (χ2n) is 3.65. The number of benzene rings is 1. The largest absolute Gasteiger partial charge is 0.439 e. The summed E-state index contributed by atoms with van der Waals surface area (Å²) in [5, 5.41) is 11.6. The summed E-state index contributed by atoms with van der Waals surface area (Å²) in [4.78, 5) is 5.23. The van der Waals surface area contributed by atoms with Gasteiger partial charge in [0, 0.05) is 22.7 Å². The van der Waals surface area contributed by atoms with Gasteiger partial charge in [-0.2, -0.15) is 0 Å². The number of nitrogens with zero attached hydrogens (tertiary/aromatic N) is 2. The Bertz CT molecular complexity index is 585. The molecule has 0 bridgehead atoms. The molecule has 0 atom stereocenters. The van der Waals surface area contributed by atoms with Crippen molar-refractivity contribution < 1.29 is 9.94 Å². The van der Waals surface area contributed by atoms with Gasteiger partial charge in [0.15, 0.2) is 5.84 Å². The van der Waals surface area contributed by atoms with Crippen LogP contribution in [0.15, 0.2) is 52.6 Å². The first-order valence-electron chi connectivity index (χ1n) is 5.49. The molecule has 0 amide bonds. The number of ether oxygens (including phenoxy) is 1. The summed E-state index contributed by atoms with van der Waals surface area (Å²) in [5.41, 5.74) is 6.06. The van der Waals surface area contributed by atoms with Crippen LogP contribution in [-0.4, -0.2) is 22.3 Å². The van der Waals surface area contributed by atoms with Crippen LogP contribution in [0.1, 0.15) is 5.56 Å². The molecule has 5 nitrogen and oxygen atoms in total. The molecular weight excluding hydrogens is 262 g/mol. The summed E-state index contributed by atoms with van der Waals surface area (Å²) in [5.74, 6) is 1.09. The van der Waals surface area contributed by atoms with Gasteiger partial charge in [0.2, 0.25) is 5.88 Å². The highest BCUT2D eigenvalue weighted by Crippen LogP contribution is 2.23. The van der Waals surface area contributed by atoms with Crippen molar-refractivity contribution in [3.8, 4) is 11.6 Å². The third kappa shape index (κ3) is 3.38. The second kappa shape index (κ2) is 6.10. The highest BCUT2D eigenvalue weighted by Gasteiger charge is 2.04. The minimum absolute atomic E-state index is 0.0185. The molecule has 0 aliphatic carbocycles. The molecule has 0 spiro atoms. The second-order valence-corrected chi connectivity index (χ2v) is 4.53. The van der Waals surface area contributed by atoms with Crippen molar-refractivity contribution in [2.45, 2.75) is 4.90 Å². The van der Waals surface area contributed by atoms with Gasteiger partial charge in [-0.05, 0) is 36.6 Å². The molecule has 1 aromatic carbocycles. The first kappa shape index (κ1) is 13.2. The predicted octanol–water partition coefficient (Wildman–Crippen LogP) is 2.69. The van der Waals surface area contributed by atoms with Crippen LogP contribution in [0.4, 0.5) is 0 Å². The molecule has 3 N–H and O–H groups in total. The van der Waals surface area contributed by atoms with E-state index < -0.39 is 0 Å². The summed E-state index contributed by atoms with van der Waals surface area (Å²) >= 11 is 1.66. The van der Waals surface area contributed by atoms with Gasteiger partial charge < -0.3 is 15.7 Å². The zero-order valence-corrected chi connectivity index (χ0v) is 11.1. The van der Waals surface area contributed by atoms with Crippen molar-refractivity contribution in [3.05, 3.63) is 48.2 Å². The van der Waals surface area contributed by atoms with E-state index in [2.05, 4.69) is 10.1 Å². The molecule has 1 aromatic heterocycles. The van der Waals surface area contributed by atoms with Crippen LogP contribution in [0, 0.1) is 0 Å². The molecule has 0 saturated heterocycles. The first-order chi connectivity index (χ1) is 9.22. The van der Waals surface area contributed by atoms with Crippen molar-refractivity contribution in [3.63, 3.8) is 0 Å². The van der Waals surface area contributed by atoms with Crippen LogP contribution in [0.5, 0.6) is 11.6 Å². The topological polar surface area (TPSA) is 80.7 Å². The fourth-order valence-electron chi connectivity index (χ4n) is 1.45. The van der Waals surface area contributed by atoms with Gasteiger partial charge >= 0.3 is 0 Å². The fourth-order valence-corrected chi connectivity index (χ4v) is 1.86. The van der Waals surface area contributed by atoms with Gasteiger partial charge in [-0.25, -0.2) is 4.98 Å². The maximum absolute atomic E-state index is 8.63. The van der Waals surface area contributed by atoms with Crippen LogP contribution in [-0.2, 0) is 0 Å². The van der Waals surface area contributed by atoms with Crippen molar-refractivity contribution in [2.24, 2.45) is 10.9 Å². The van der Waals surface area contributed by atoms with E-state index in [1.54, 1.807) is 30.1 Å². The summed E-state index contributed by atoms with van der Waals surface area (Å²) in [6, 6.07) is 10.9. The standard InChI is InChI=1S/C13H13N3O2S/c1-19-11-4-2-10(3-5-11)18-12-8-9(6-7-15-12)13(14)16-17/h2-8,17H,1H3,(H2,14,16). The van der Waals surface area contributed by atoms with Gasteiger partial charge in [-0.15, -0.1) is 11.8 Å². The Morgan fingerprint density at radius 2 is 2.05 bits per heavy atom. The average Bonchev–Trinajstić information content (AvgIpc) is 2.47. The van der Waals surface area contributed by atoms with E-state index in [0.717, 1.165) is 4.90 Å². The Morgan fingerprint density at radius 1 is 1.32 bits per heavy atom. The molecule has 0 radical (unpaired) electrons. The zero-order chi connectivity index (χ0) is 13.7. The highest BCUT2D eigenvalue weighted by atomic mass is 32.2. The maximum atomic E-state index is 8.63. The monoisotopic (exact) mass is 275 g/mol. The van der Waals surface area contributed by atoms with Gasteiger partial charge in [0.05, 0.1) is 0 Å². The Kier molecular flexibility index (Phi) is 4.25. The molecular formula is C13H13N3O2S. The molecule has 0 saturated carbocycles. The Morgan fingerprint density at radius 3 is 2.68 bits per heavy atom. The quantitative estimate of drug-likeness (QED) is 0.295. The number of nitrogens with two attached hydrogens (primary N) is 1. The average molecular weight is 275 g/mol. The molecule has 0 fully saturated rings. The normalized spacial score (nSPS) is 11.3. The molecule has 1 heterocycles. The van der Waals surface area contributed by atoms with E-state index in [1.165, 1.54) is 0 Å². The van der Waals surface area contributed by atoms with Crippen LogP contribution in [0.3, 0.4) is 0 Å². The number of amidine groups is 1. The van der Waals surface area contributed by atoms with E-state index in [9.17, 15) is 0 Å². The summed E-state index contributed by atoms with van der Waals surface area (Å²) in [7, 11) is 0. The predicted molar refractivity (Wildman–Crippen MR) is 75.0 cm³/mol. The zero-order valence-electron chi connectivity index (χ0n) is 10.3. The van der Waals surface area contributed by atoms with Crippen molar-refractivity contribution in [1.29, 1.82) is 0 Å². The summed E-state index contributed by atoms with van der Waals surface area (Å²) < 4.78 is 5.60. The number of oxime groups is 1. The first-order valence-corrected chi connectivity index (χ1v) is 6.71. The van der Waals surface area contributed by atoms with Gasteiger partial charge in [0.25, 0.3) is 0 Å². The molecule has 2 aromatic rings. The fraction of sp³-hybridized carbons (Fsp3) is 0.0769. The lowest BCUT2D eigenvalue weighted by Gasteiger charge is -2.06. The lowest BCUT2D eigenvalue weighted by atomic mass is 10.2. The number of aromatic nitrogens is 1. The van der Waals surface area contributed by atoms with E-state index in [0.29, 0.717) is 17.2 Å². The van der Waals surface area contributed by atoms with Gasteiger partial charge in [0.1, 0.15) is 5.75 Å². The lowest BCUT2D eigenvalue weighted by Crippen LogP contribution is -2.13. The summed E-state index contributed by atoms with van der Waals surface area (Å²) in [6.45, 7) is 0. The molecule has 2 rings (SSSR count). The molecule has 6 heteroatoms. The van der Waals surface area contributed by atoms with Crippen LogP contribution in [0.2, 0.25) is 0 Å². The van der Waals surface area contributed by atoms with E-state index in [1.807, 2.05) is 30.5 Å². The third-order valence-electron chi connectivity index (χ3n) is 2.42. The molecule has 98 valence electrons.